The zero-order valence-corrected chi connectivity index (χ0v) is 10.3. The van der Waals surface area contributed by atoms with Gasteiger partial charge in [-0.25, -0.2) is 0 Å². The van der Waals surface area contributed by atoms with E-state index in [-0.39, 0.29) is 0 Å². The van der Waals surface area contributed by atoms with Crippen molar-refractivity contribution in [3.63, 3.8) is 0 Å². The van der Waals surface area contributed by atoms with E-state index >= 15 is 0 Å². The highest BCUT2D eigenvalue weighted by Gasteiger charge is 2.35. The summed E-state index contributed by atoms with van der Waals surface area (Å²) in [5.74, 6) is 6.93. The quantitative estimate of drug-likeness (QED) is 0.525. The normalized spacial score (nSPS) is 30.4. The van der Waals surface area contributed by atoms with Crippen LogP contribution in [0.3, 0.4) is 0 Å². The van der Waals surface area contributed by atoms with Gasteiger partial charge in [-0.3, -0.25) is 11.3 Å². The summed E-state index contributed by atoms with van der Waals surface area (Å²) in [4.78, 5) is 0. The van der Waals surface area contributed by atoms with Gasteiger partial charge in [0.15, 0.2) is 0 Å². The van der Waals surface area contributed by atoms with Gasteiger partial charge in [0.2, 0.25) is 0 Å². The van der Waals surface area contributed by atoms with E-state index in [9.17, 15) is 0 Å². The molecule has 3 N–H and O–H groups in total. The highest BCUT2D eigenvalue weighted by Crippen LogP contribution is 2.30. The van der Waals surface area contributed by atoms with Gasteiger partial charge in [-0.1, -0.05) is 27.2 Å². The molecule has 0 radical (unpaired) electrons. The molecule has 1 aliphatic rings. The van der Waals surface area contributed by atoms with Crippen LogP contribution < -0.4 is 11.3 Å². The summed E-state index contributed by atoms with van der Waals surface area (Å²) in [7, 11) is 0. The fraction of sp³-hybridized carbons (Fsp3) is 1.00. The SMILES string of the molecule is CCCC(C)C(NN)C1CCOC1CC. The summed E-state index contributed by atoms with van der Waals surface area (Å²) in [6.45, 7) is 7.62. The Kier molecular flexibility index (Phi) is 5.58. The first-order chi connectivity index (χ1) is 7.24. The molecule has 15 heavy (non-hydrogen) atoms. The van der Waals surface area contributed by atoms with Crippen molar-refractivity contribution in [1.82, 2.24) is 5.43 Å². The Morgan fingerprint density at radius 2 is 2.20 bits per heavy atom. The molecule has 0 amide bonds. The monoisotopic (exact) mass is 214 g/mol. The van der Waals surface area contributed by atoms with E-state index in [1.165, 1.54) is 12.8 Å². The van der Waals surface area contributed by atoms with Crippen molar-refractivity contribution in [2.75, 3.05) is 6.61 Å². The predicted molar refractivity (Wildman–Crippen MR) is 63.3 cm³/mol. The Morgan fingerprint density at radius 1 is 1.47 bits per heavy atom. The average Bonchev–Trinajstić information content (AvgIpc) is 2.67. The number of hydrogen-bond acceptors (Lipinski definition) is 3. The molecule has 1 fully saturated rings. The summed E-state index contributed by atoms with van der Waals surface area (Å²) < 4.78 is 5.73. The highest BCUT2D eigenvalue weighted by atomic mass is 16.5. The molecule has 1 rings (SSSR count). The maximum absolute atomic E-state index is 5.73. The molecule has 0 bridgehead atoms. The van der Waals surface area contributed by atoms with Crippen molar-refractivity contribution in [3.8, 4) is 0 Å². The van der Waals surface area contributed by atoms with Gasteiger partial charge in [-0.2, -0.15) is 0 Å². The van der Waals surface area contributed by atoms with Crippen molar-refractivity contribution >= 4 is 0 Å². The van der Waals surface area contributed by atoms with E-state index in [1.807, 2.05) is 0 Å². The molecule has 0 aromatic carbocycles. The summed E-state index contributed by atoms with van der Waals surface area (Å²) in [5, 5.41) is 0. The number of nitrogens with one attached hydrogen (secondary N) is 1. The van der Waals surface area contributed by atoms with Crippen LogP contribution in [0.2, 0.25) is 0 Å². The third-order valence-corrected chi connectivity index (χ3v) is 3.67. The second kappa shape index (κ2) is 6.46. The molecule has 1 saturated heterocycles. The van der Waals surface area contributed by atoms with Gasteiger partial charge in [0, 0.05) is 18.6 Å². The van der Waals surface area contributed by atoms with Gasteiger partial charge in [0.1, 0.15) is 0 Å². The Labute approximate surface area is 93.7 Å². The second-order valence-corrected chi connectivity index (χ2v) is 4.73. The minimum absolute atomic E-state index is 0.408. The third kappa shape index (κ3) is 3.16. The lowest BCUT2D eigenvalue weighted by molar-refractivity contribution is 0.0696. The number of rotatable bonds is 6. The summed E-state index contributed by atoms with van der Waals surface area (Å²) >= 11 is 0. The summed E-state index contributed by atoms with van der Waals surface area (Å²) in [6.07, 6.45) is 5.12. The van der Waals surface area contributed by atoms with Crippen molar-refractivity contribution in [2.45, 2.75) is 58.6 Å². The minimum Gasteiger partial charge on any atom is -0.378 e. The minimum atomic E-state index is 0.408. The van der Waals surface area contributed by atoms with Gasteiger partial charge in [0.05, 0.1) is 6.10 Å². The molecule has 1 aliphatic heterocycles. The number of nitrogens with two attached hydrogens (primary N) is 1. The zero-order valence-electron chi connectivity index (χ0n) is 10.3. The largest absolute Gasteiger partial charge is 0.378 e. The molecule has 3 nitrogen and oxygen atoms in total. The predicted octanol–water partition coefficient (Wildman–Crippen LogP) is 2.07. The van der Waals surface area contributed by atoms with Gasteiger partial charge < -0.3 is 4.74 Å². The van der Waals surface area contributed by atoms with Gasteiger partial charge in [0.25, 0.3) is 0 Å². The maximum atomic E-state index is 5.73. The molecule has 1 heterocycles. The molecule has 3 heteroatoms. The third-order valence-electron chi connectivity index (χ3n) is 3.67. The van der Waals surface area contributed by atoms with Crippen molar-refractivity contribution in [3.05, 3.63) is 0 Å². The maximum Gasteiger partial charge on any atom is 0.0617 e. The lowest BCUT2D eigenvalue weighted by Crippen LogP contribution is -2.47. The van der Waals surface area contributed by atoms with Crippen LogP contribution >= 0.6 is 0 Å². The number of hydrazine groups is 1. The van der Waals surface area contributed by atoms with Gasteiger partial charge in [-0.15, -0.1) is 0 Å². The average molecular weight is 214 g/mol. The molecule has 4 unspecified atom stereocenters. The summed E-state index contributed by atoms with van der Waals surface area (Å²) in [5.41, 5.74) is 3.01. The van der Waals surface area contributed by atoms with E-state index in [2.05, 4.69) is 26.2 Å². The number of hydrogen-bond donors (Lipinski definition) is 2. The first-order valence-corrected chi connectivity index (χ1v) is 6.32. The topological polar surface area (TPSA) is 47.3 Å². The van der Waals surface area contributed by atoms with Crippen LogP contribution in [0.25, 0.3) is 0 Å². The summed E-state index contributed by atoms with van der Waals surface area (Å²) in [6, 6.07) is 0.414. The van der Waals surface area contributed by atoms with E-state index in [0.29, 0.717) is 24.0 Å². The molecule has 0 aliphatic carbocycles. The first-order valence-electron chi connectivity index (χ1n) is 6.32. The van der Waals surface area contributed by atoms with Crippen LogP contribution in [0.1, 0.15) is 46.5 Å². The zero-order chi connectivity index (χ0) is 11.3. The van der Waals surface area contributed by atoms with Gasteiger partial charge in [-0.05, 0) is 25.2 Å². The fourth-order valence-corrected chi connectivity index (χ4v) is 2.84. The Bertz CT molecular complexity index is 175. The molecule has 0 spiro atoms. The standard InChI is InChI=1S/C12H26N2O/c1-4-6-9(3)12(14-13)10-7-8-15-11(10)5-2/h9-12,14H,4-8,13H2,1-3H3. The van der Waals surface area contributed by atoms with E-state index in [0.717, 1.165) is 19.4 Å². The Morgan fingerprint density at radius 3 is 2.73 bits per heavy atom. The van der Waals surface area contributed by atoms with E-state index in [1.54, 1.807) is 0 Å². The van der Waals surface area contributed by atoms with Crippen LogP contribution in [0.4, 0.5) is 0 Å². The molecular weight excluding hydrogens is 188 g/mol. The van der Waals surface area contributed by atoms with E-state index < -0.39 is 0 Å². The lowest BCUT2D eigenvalue weighted by atomic mass is 9.82. The van der Waals surface area contributed by atoms with E-state index in [4.69, 9.17) is 10.6 Å². The van der Waals surface area contributed by atoms with Crippen molar-refractivity contribution in [1.29, 1.82) is 0 Å². The van der Waals surface area contributed by atoms with Crippen LogP contribution in [0, 0.1) is 11.8 Å². The molecule has 0 aromatic heterocycles. The first kappa shape index (κ1) is 12.9. The molecule has 0 saturated carbocycles. The molecule has 0 aromatic rings. The lowest BCUT2D eigenvalue weighted by Gasteiger charge is -2.31. The van der Waals surface area contributed by atoms with Gasteiger partial charge >= 0.3 is 0 Å². The van der Waals surface area contributed by atoms with Crippen LogP contribution in [0.5, 0.6) is 0 Å². The second-order valence-electron chi connectivity index (χ2n) is 4.73. The molecule has 4 atom stereocenters. The van der Waals surface area contributed by atoms with Crippen molar-refractivity contribution < 1.29 is 4.74 Å². The van der Waals surface area contributed by atoms with Crippen LogP contribution in [-0.4, -0.2) is 18.8 Å². The highest BCUT2D eigenvalue weighted by molar-refractivity contribution is 4.87. The molecule has 90 valence electrons. The Balaban J connectivity index is 2.56. The smallest absolute Gasteiger partial charge is 0.0617 e. The Hall–Kier alpha value is -0.120. The van der Waals surface area contributed by atoms with Crippen molar-refractivity contribution in [2.24, 2.45) is 17.7 Å². The fourth-order valence-electron chi connectivity index (χ4n) is 2.84. The molecular formula is C12H26N2O. The van der Waals surface area contributed by atoms with Crippen LogP contribution in [-0.2, 0) is 4.74 Å². The number of ether oxygens (including phenoxy) is 1. The van der Waals surface area contributed by atoms with Crippen LogP contribution in [0.15, 0.2) is 0 Å².